The number of aromatic nitrogens is 7. The van der Waals surface area contributed by atoms with Crippen molar-refractivity contribution in [2.75, 3.05) is 0 Å². The third-order valence-electron chi connectivity index (χ3n) is 5.62. The lowest BCUT2D eigenvalue weighted by Gasteiger charge is -2.45. The molecule has 29 heavy (non-hydrogen) atoms. The van der Waals surface area contributed by atoms with E-state index in [1.54, 1.807) is 15.4 Å². The lowest BCUT2D eigenvalue weighted by molar-refractivity contribution is 0.104. The molecule has 0 aliphatic heterocycles. The molecule has 1 saturated carbocycles. The SMILES string of the molecule is Cn1cc(-c2cn3ncnc3c(-c3ccn([C@]4(CC#N)C[C@@H](C#N)C4)c3)n2)cn1. The van der Waals surface area contributed by atoms with E-state index >= 15 is 0 Å². The highest BCUT2D eigenvalue weighted by Crippen LogP contribution is 2.46. The molecule has 9 nitrogen and oxygen atoms in total. The van der Waals surface area contributed by atoms with Gasteiger partial charge in [0.2, 0.25) is 0 Å². The van der Waals surface area contributed by atoms with Crippen molar-refractivity contribution in [3.8, 4) is 34.7 Å². The van der Waals surface area contributed by atoms with Crippen molar-refractivity contribution in [1.82, 2.24) is 33.9 Å². The molecule has 1 fully saturated rings. The zero-order chi connectivity index (χ0) is 20.0. The Kier molecular flexibility index (Phi) is 3.71. The first-order valence-corrected chi connectivity index (χ1v) is 9.27. The first kappa shape index (κ1) is 17.1. The van der Waals surface area contributed by atoms with Crippen LogP contribution in [-0.4, -0.2) is 33.9 Å². The lowest BCUT2D eigenvalue weighted by Crippen LogP contribution is -2.45. The van der Waals surface area contributed by atoms with Crippen LogP contribution in [0.4, 0.5) is 0 Å². The van der Waals surface area contributed by atoms with Crippen molar-refractivity contribution < 1.29 is 0 Å². The van der Waals surface area contributed by atoms with E-state index in [9.17, 15) is 10.5 Å². The molecule has 0 aromatic carbocycles. The van der Waals surface area contributed by atoms with Crippen LogP contribution < -0.4 is 0 Å². The van der Waals surface area contributed by atoms with Crippen molar-refractivity contribution in [3.05, 3.63) is 43.4 Å². The minimum Gasteiger partial charge on any atom is -0.346 e. The van der Waals surface area contributed by atoms with Crippen molar-refractivity contribution >= 4 is 5.65 Å². The number of hydrogen-bond acceptors (Lipinski definition) is 6. The second-order valence-corrected chi connectivity index (χ2v) is 7.51. The molecular formula is C20H17N9. The second kappa shape index (κ2) is 6.28. The van der Waals surface area contributed by atoms with Gasteiger partial charge in [0.1, 0.15) is 12.0 Å². The topological polar surface area (TPSA) is 113 Å². The molecule has 0 unspecified atom stereocenters. The van der Waals surface area contributed by atoms with Gasteiger partial charge in [0.25, 0.3) is 0 Å². The van der Waals surface area contributed by atoms with Crippen LogP contribution in [0.15, 0.2) is 43.4 Å². The summed E-state index contributed by atoms with van der Waals surface area (Å²) >= 11 is 0. The average molecular weight is 383 g/mol. The Morgan fingerprint density at radius 1 is 1.17 bits per heavy atom. The summed E-state index contributed by atoms with van der Waals surface area (Å²) in [6, 6.07) is 6.56. The van der Waals surface area contributed by atoms with Crippen molar-refractivity contribution in [2.24, 2.45) is 13.0 Å². The van der Waals surface area contributed by atoms with Crippen LogP contribution >= 0.6 is 0 Å². The molecule has 142 valence electrons. The molecule has 0 amide bonds. The Bertz CT molecular complexity index is 1290. The number of nitriles is 2. The summed E-state index contributed by atoms with van der Waals surface area (Å²) in [4.78, 5) is 9.20. The molecule has 9 heteroatoms. The van der Waals surface area contributed by atoms with E-state index in [0.29, 0.717) is 30.6 Å². The van der Waals surface area contributed by atoms with E-state index < -0.39 is 0 Å². The maximum absolute atomic E-state index is 9.30. The number of nitrogens with zero attached hydrogens (tertiary/aromatic N) is 9. The zero-order valence-corrected chi connectivity index (χ0v) is 15.8. The molecule has 0 saturated heterocycles. The summed E-state index contributed by atoms with van der Waals surface area (Å²) in [5.41, 5.74) is 3.59. The fraction of sp³-hybridized carbons (Fsp3) is 0.300. The van der Waals surface area contributed by atoms with Crippen molar-refractivity contribution in [1.29, 1.82) is 10.5 Å². The third-order valence-corrected chi connectivity index (χ3v) is 5.62. The van der Waals surface area contributed by atoms with Crippen LogP contribution in [0.25, 0.3) is 28.2 Å². The fourth-order valence-corrected chi connectivity index (χ4v) is 4.09. The van der Waals surface area contributed by atoms with E-state index in [4.69, 9.17) is 4.98 Å². The summed E-state index contributed by atoms with van der Waals surface area (Å²) in [5.74, 6) is 0.00411. The predicted molar refractivity (Wildman–Crippen MR) is 103 cm³/mol. The number of aryl methyl sites for hydroxylation is 1. The molecular weight excluding hydrogens is 366 g/mol. The first-order valence-electron chi connectivity index (χ1n) is 9.27. The molecule has 0 atom stereocenters. The molecule has 0 spiro atoms. The quantitative estimate of drug-likeness (QED) is 0.535. The van der Waals surface area contributed by atoms with Gasteiger partial charge in [0.15, 0.2) is 5.65 Å². The van der Waals surface area contributed by atoms with Crippen molar-refractivity contribution in [2.45, 2.75) is 24.8 Å². The Morgan fingerprint density at radius 2 is 2.03 bits per heavy atom. The van der Waals surface area contributed by atoms with E-state index in [1.165, 1.54) is 6.33 Å². The predicted octanol–water partition coefficient (Wildman–Crippen LogP) is 2.54. The van der Waals surface area contributed by atoms with Gasteiger partial charge in [-0.2, -0.15) is 20.7 Å². The van der Waals surface area contributed by atoms with Crippen molar-refractivity contribution in [3.63, 3.8) is 0 Å². The van der Waals surface area contributed by atoms with Crippen LogP contribution in [-0.2, 0) is 12.6 Å². The zero-order valence-electron chi connectivity index (χ0n) is 15.8. The van der Waals surface area contributed by atoms with Gasteiger partial charge in [0, 0.05) is 36.8 Å². The monoisotopic (exact) mass is 383 g/mol. The Balaban J connectivity index is 1.59. The van der Waals surface area contributed by atoms with Gasteiger partial charge < -0.3 is 4.57 Å². The second-order valence-electron chi connectivity index (χ2n) is 7.51. The normalized spacial score (nSPS) is 20.9. The van der Waals surface area contributed by atoms with Gasteiger partial charge in [-0.15, -0.1) is 0 Å². The summed E-state index contributed by atoms with van der Waals surface area (Å²) in [6.07, 6.45) is 12.7. The van der Waals surface area contributed by atoms with Crippen LogP contribution in [0, 0.1) is 28.6 Å². The Labute approximate surface area is 166 Å². The van der Waals surface area contributed by atoms with Crippen LogP contribution in [0.3, 0.4) is 0 Å². The van der Waals surface area contributed by atoms with E-state index in [0.717, 1.165) is 16.8 Å². The molecule has 0 radical (unpaired) electrons. The minimum absolute atomic E-state index is 0.00411. The highest BCUT2D eigenvalue weighted by Gasteiger charge is 2.45. The van der Waals surface area contributed by atoms with Gasteiger partial charge in [-0.3, -0.25) is 4.68 Å². The van der Waals surface area contributed by atoms with Gasteiger partial charge in [-0.05, 0) is 18.9 Å². The van der Waals surface area contributed by atoms with Crippen LogP contribution in [0.1, 0.15) is 19.3 Å². The maximum atomic E-state index is 9.30. The average Bonchev–Trinajstić information content (AvgIpc) is 3.43. The highest BCUT2D eigenvalue weighted by molar-refractivity contribution is 5.75. The van der Waals surface area contributed by atoms with E-state index in [1.807, 2.05) is 37.9 Å². The van der Waals surface area contributed by atoms with Crippen LogP contribution in [0.2, 0.25) is 0 Å². The van der Waals surface area contributed by atoms with E-state index in [2.05, 4.69) is 31.9 Å². The van der Waals surface area contributed by atoms with Gasteiger partial charge in [0.05, 0.1) is 48.1 Å². The minimum atomic E-state index is -0.321. The van der Waals surface area contributed by atoms with Gasteiger partial charge >= 0.3 is 0 Å². The molecule has 0 bridgehead atoms. The standard InChI is InChI=1S/C20H17N9/c1-27-10-16(9-24-27)17-12-29-19(23-13-25-29)18(26-17)15-2-5-28(11-15)20(3-4-21)6-14(7-20)8-22/h2,5,9-14H,3,6-7H2,1H3/t14-,20-. The molecule has 1 aliphatic carbocycles. The lowest BCUT2D eigenvalue weighted by atomic mass is 9.67. The largest absolute Gasteiger partial charge is 0.346 e. The van der Waals surface area contributed by atoms with Gasteiger partial charge in [-0.1, -0.05) is 0 Å². The highest BCUT2D eigenvalue weighted by atomic mass is 15.3. The number of rotatable bonds is 4. The Hall–Kier alpha value is -3.98. The van der Waals surface area contributed by atoms with Gasteiger partial charge in [-0.25, -0.2) is 14.5 Å². The molecule has 4 aromatic heterocycles. The summed E-state index contributed by atoms with van der Waals surface area (Å²) in [5, 5.41) is 27.0. The molecule has 0 N–H and O–H groups in total. The number of hydrogen-bond donors (Lipinski definition) is 0. The third kappa shape index (κ3) is 2.67. The number of fused-ring (bicyclic) bond motifs is 1. The fourth-order valence-electron chi connectivity index (χ4n) is 4.09. The van der Waals surface area contributed by atoms with E-state index in [-0.39, 0.29) is 11.5 Å². The first-order chi connectivity index (χ1) is 14.1. The molecule has 4 aromatic rings. The molecule has 1 aliphatic rings. The summed E-state index contributed by atoms with van der Waals surface area (Å²) in [7, 11) is 1.86. The molecule has 4 heterocycles. The maximum Gasteiger partial charge on any atom is 0.181 e. The Morgan fingerprint density at radius 3 is 2.76 bits per heavy atom. The summed E-state index contributed by atoms with van der Waals surface area (Å²) in [6.45, 7) is 0. The summed E-state index contributed by atoms with van der Waals surface area (Å²) < 4.78 is 5.50. The smallest absolute Gasteiger partial charge is 0.181 e. The molecule has 5 rings (SSSR count). The van der Waals surface area contributed by atoms with Crippen LogP contribution in [0.5, 0.6) is 0 Å².